The summed E-state index contributed by atoms with van der Waals surface area (Å²) >= 11 is 0. The molecule has 14 nitrogen and oxygen atoms in total. The minimum atomic E-state index is -4.90. The minimum Gasteiger partial charge on any atom is -0.505 e. The van der Waals surface area contributed by atoms with Crippen molar-refractivity contribution in [3.05, 3.63) is 96.1 Å². The predicted octanol–water partition coefficient (Wildman–Crippen LogP) is 7.88. The molecule has 16 heteroatoms. The zero-order valence-electron chi connectivity index (χ0n) is 27.1. The number of phenols is 1. The number of anilines is 1. The van der Waals surface area contributed by atoms with Gasteiger partial charge in [-0.25, -0.2) is 8.42 Å². The van der Waals surface area contributed by atoms with Gasteiger partial charge in [0, 0.05) is 24.4 Å². The van der Waals surface area contributed by atoms with Gasteiger partial charge in [0.1, 0.15) is 33.5 Å². The second-order valence-corrected chi connectivity index (χ2v) is 14.3. The summed E-state index contributed by atoms with van der Waals surface area (Å²) in [5.41, 5.74) is 1.88. The molecule has 50 heavy (non-hydrogen) atoms. The number of carbonyl (C=O) groups is 1. The van der Waals surface area contributed by atoms with Crippen molar-refractivity contribution in [2.75, 3.05) is 19.5 Å². The fourth-order valence-corrected chi connectivity index (χ4v) is 6.94. The monoisotopic (exact) mass is 717 g/mol. The normalized spacial score (nSPS) is 12.1. The van der Waals surface area contributed by atoms with E-state index in [0.29, 0.717) is 11.3 Å². The van der Waals surface area contributed by atoms with Crippen molar-refractivity contribution < 1.29 is 40.8 Å². The minimum absolute atomic E-state index is 0.0300. The topological polar surface area (TPSA) is 206 Å². The van der Waals surface area contributed by atoms with Gasteiger partial charge in [-0.15, -0.1) is 15.3 Å². The third kappa shape index (κ3) is 7.94. The predicted molar refractivity (Wildman–Crippen MR) is 186 cm³/mol. The highest BCUT2D eigenvalue weighted by atomic mass is 32.2. The van der Waals surface area contributed by atoms with E-state index in [9.17, 15) is 31.3 Å². The molecule has 0 unspecified atom stereocenters. The van der Waals surface area contributed by atoms with E-state index in [1.807, 2.05) is 19.1 Å². The third-order valence-corrected chi connectivity index (χ3v) is 9.92. The number of aromatic hydroxyl groups is 1. The van der Waals surface area contributed by atoms with Crippen molar-refractivity contribution in [2.24, 2.45) is 20.5 Å². The zero-order chi connectivity index (χ0) is 36.2. The van der Waals surface area contributed by atoms with E-state index < -0.39 is 42.2 Å². The Hall–Kier alpha value is -5.71. The number of azo groups is 2. The second kappa shape index (κ2) is 14.4. The summed E-state index contributed by atoms with van der Waals surface area (Å²) in [4.78, 5) is 11.2. The van der Waals surface area contributed by atoms with Crippen LogP contribution >= 0.6 is 0 Å². The number of hydrogen-bond donors (Lipinski definition) is 3. The Bertz CT molecular complexity index is 2380. The molecule has 5 rings (SSSR count). The van der Waals surface area contributed by atoms with Crippen LogP contribution in [-0.4, -0.2) is 46.6 Å². The van der Waals surface area contributed by atoms with Crippen LogP contribution in [0.15, 0.2) is 115 Å². The number of phenolic OH excluding ortho intramolecular Hbond substituents is 1. The Morgan fingerprint density at radius 3 is 1.96 bits per heavy atom. The number of hydrogen-bond acceptors (Lipinski definition) is 12. The van der Waals surface area contributed by atoms with Crippen molar-refractivity contribution in [3.63, 3.8) is 0 Å². The number of fused-ring (bicyclic) bond motifs is 1. The first-order valence-electron chi connectivity index (χ1n) is 14.7. The lowest BCUT2D eigenvalue weighted by Crippen LogP contribution is -2.06. The van der Waals surface area contributed by atoms with Crippen LogP contribution in [0.1, 0.15) is 18.1 Å². The number of sulfone groups is 1. The molecular formula is C34H31N5O9S2. The highest BCUT2D eigenvalue weighted by Crippen LogP contribution is 2.46. The Kier molecular flexibility index (Phi) is 10.3. The number of methoxy groups -OCH3 is 2. The number of carbonyl (C=O) groups excluding carboxylic acids is 1. The van der Waals surface area contributed by atoms with E-state index >= 15 is 0 Å². The molecule has 5 aromatic carbocycles. The fraction of sp³-hybridized carbons (Fsp3) is 0.147. The Balaban J connectivity index is 1.46. The van der Waals surface area contributed by atoms with Crippen LogP contribution in [0.3, 0.4) is 0 Å². The van der Waals surface area contributed by atoms with Crippen LogP contribution in [0.5, 0.6) is 17.2 Å². The van der Waals surface area contributed by atoms with E-state index in [-0.39, 0.29) is 50.0 Å². The molecule has 0 aliphatic heterocycles. The van der Waals surface area contributed by atoms with Gasteiger partial charge in [-0.1, -0.05) is 42.0 Å². The zero-order valence-corrected chi connectivity index (χ0v) is 28.8. The number of ether oxygens (including phenoxy) is 2. The molecule has 0 spiro atoms. The van der Waals surface area contributed by atoms with E-state index in [1.54, 1.807) is 12.1 Å². The number of rotatable bonds is 11. The van der Waals surface area contributed by atoms with Crippen molar-refractivity contribution in [3.8, 4) is 17.2 Å². The molecule has 1 amide bonds. The number of nitrogens with zero attached hydrogens (tertiary/aromatic N) is 4. The van der Waals surface area contributed by atoms with Crippen LogP contribution in [0.2, 0.25) is 0 Å². The molecule has 0 saturated carbocycles. The van der Waals surface area contributed by atoms with Crippen LogP contribution in [0, 0.1) is 6.92 Å². The maximum Gasteiger partial charge on any atom is 0.296 e. The van der Waals surface area contributed by atoms with Gasteiger partial charge in [-0.05, 0) is 54.3 Å². The van der Waals surface area contributed by atoms with Gasteiger partial charge in [-0.2, -0.15) is 13.5 Å². The first kappa shape index (κ1) is 35.6. The largest absolute Gasteiger partial charge is 0.505 e. The highest BCUT2D eigenvalue weighted by Gasteiger charge is 2.24. The van der Waals surface area contributed by atoms with Gasteiger partial charge in [0.05, 0.1) is 36.2 Å². The number of nitrogens with one attached hydrogen (secondary N) is 1. The molecule has 0 bridgehead atoms. The Labute approximate surface area is 287 Å². The van der Waals surface area contributed by atoms with Crippen molar-refractivity contribution in [1.29, 1.82) is 0 Å². The summed E-state index contributed by atoms with van der Waals surface area (Å²) < 4.78 is 71.3. The highest BCUT2D eigenvalue weighted by molar-refractivity contribution is 7.90. The summed E-state index contributed by atoms with van der Waals surface area (Å²) in [6, 6.07) is 21.6. The molecule has 0 saturated heterocycles. The van der Waals surface area contributed by atoms with Gasteiger partial charge in [0.2, 0.25) is 5.91 Å². The van der Waals surface area contributed by atoms with Crippen LogP contribution < -0.4 is 14.8 Å². The molecule has 0 atom stereocenters. The third-order valence-electron chi connectivity index (χ3n) is 7.35. The lowest BCUT2D eigenvalue weighted by Gasteiger charge is -2.13. The molecule has 258 valence electrons. The average Bonchev–Trinajstić information content (AvgIpc) is 3.07. The standard InChI is InChI=1S/C34H31N5O9S2/c1-20-8-10-22(11-9-20)19-49(42,43)25-14-12-24(13-15-25)36-37-27-17-30(48-4)28(18-29(27)47-3)38-39-33-31(50(44,45)46)16-23-6-5-7-26(35-21(2)40)32(23)34(33)41/h5-18,41H,19H2,1-4H3,(H,35,40)(H,44,45,46). The average molecular weight is 718 g/mol. The number of benzene rings is 5. The molecule has 0 aromatic heterocycles. The van der Waals surface area contributed by atoms with Crippen LogP contribution in [0.25, 0.3) is 10.8 Å². The molecular weight excluding hydrogens is 687 g/mol. The summed E-state index contributed by atoms with van der Waals surface area (Å²) in [5, 5.41) is 30.5. The van der Waals surface area contributed by atoms with Gasteiger partial charge in [0.15, 0.2) is 15.6 Å². The van der Waals surface area contributed by atoms with E-state index in [0.717, 1.165) is 11.6 Å². The molecule has 5 aromatic rings. The van der Waals surface area contributed by atoms with Gasteiger partial charge >= 0.3 is 0 Å². The van der Waals surface area contributed by atoms with E-state index in [4.69, 9.17) is 9.47 Å². The molecule has 0 heterocycles. The first-order valence-corrected chi connectivity index (χ1v) is 17.8. The summed E-state index contributed by atoms with van der Waals surface area (Å²) in [6.45, 7) is 3.19. The second-order valence-electron chi connectivity index (χ2n) is 11.0. The summed E-state index contributed by atoms with van der Waals surface area (Å²) in [5.74, 6) is -0.981. The summed E-state index contributed by atoms with van der Waals surface area (Å²) in [6.07, 6.45) is 0. The Morgan fingerprint density at radius 1 is 0.800 bits per heavy atom. The number of amides is 1. The first-order chi connectivity index (χ1) is 23.7. The molecule has 0 aliphatic rings. The van der Waals surface area contributed by atoms with Crippen molar-refractivity contribution in [1.82, 2.24) is 0 Å². The van der Waals surface area contributed by atoms with Crippen molar-refractivity contribution in [2.45, 2.75) is 29.4 Å². The lowest BCUT2D eigenvalue weighted by molar-refractivity contribution is -0.114. The fourth-order valence-electron chi connectivity index (χ4n) is 4.93. The quantitative estimate of drug-likeness (QED) is 0.0896. The van der Waals surface area contributed by atoms with Crippen molar-refractivity contribution >= 4 is 65.1 Å². The smallest absolute Gasteiger partial charge is 0.296 e. The number of aryl methyl sites for hydroxylation is 1. The van der Waals surface area contributed by atoms with E-state index in [2.05, 4.69) is 25.8 Å². The maximum atomic E-state index is 12.9. The Morgan fingerprint density at radius 2 is 1.40 bits per heavy atom. The van der Waals surface area contributed by atoms with Gasteiger partial charge in [0.25, 0.3) is 10.1 Å². The van der Waals surface area contributed by atoms with Gasteiger partial charge in [-0.3, -0.25) is 9.35 Å². The van der Waals surface area contributed by atoms with Crippen LogP contribution in [0.4, 0.5) is 28.4 Å². The van der Waals surface area contributed by atoms with Gasteiger partial charge < -0.3 is 19.9 Å². The van der Waals surface area contributed by atoms with E-state index in [1.165, 1.54) is 75.7 Å². The molecule has 0 radical (unpaired) electrons. The molecule has 0 fully saturated rings. The molecule has 0 aliphatic carbocycles. The SMILES string of the molecule is COc1cc(N=Nc2c(S(=O)(=O)O)cc3cccc(NC(C)=O)c3c2O)c(OC)cc1N=Nc1ccc(S(=O)(=O)Cc2ccc(C)cc2)cc1. The molecule has 3 N–H and O–H groups in total. The lowest BCUT2D eigenvalue weighted by atomic mass is 10.1. The maximum absolute atomic E-state index is 12.9. The van der Waals surface area contributed by atoms with Crippen LogP contribution in [-0.2, 0) is 30.5 Å². The summed E-state index contributed by atoms with van der Waals surface area (Å²) in [7, 11) is -5.79.